The van der Waals surface area contributed by atoms with Crippen LogP contribution >= 0.6 is 11.3 Å². The molecule has 8 heteroatoms. The van der Waals surface area contributed by atoms with Gasteiger partial charge in [0.05, 0.1) is 5.56 Å². The van der Waals surface area contributed by atoms with Crippen molar-refractivity contribution in [3.63, 3.8) is 0 Å². The SMILES string of the molecule is CCc1nnc(/N=C/c2c(O)n(-c3ccccn3)c(=O)c3ccccc23)s1. The largest absolute Gasteiger partial charge is 0.494 e. The van der Waals surface area contributed by atoms with Crippen LogP contribution in [0.5, 0.6) is 5.88 Å². The van der Waals surface area contributed by atoms with E-state index >= 15 is 0 Å². The van der Waals surface area contributed by atoms with Crippen LogP contribution in [0.3, 0.4) is 0 Å². The minimum atomic E-state index is -0.344. The minimum Gasteiger partial charge on any atom is -0.494 e. The Labute approximate surface area is 158 Å². The highest BCUT2D eigenvalue weighted by atomic mass is 32.1. The molecule has 0 aliphatic carbocycles. The minimum absolute atomic E-state index is 0.221. The summed E-state index contributed by atoms with van der Waals surface area (Å²) in [7, 11) is 0. The highest BCUT2D eigenvalue weighted by molar-refractivity contribution is 7.14. The van der Waals surface area contributed by atoms with E-state index in [2.05, 4.69) is 20.2 Å². The molecule has 0 unspecified atom stereocenters. The second-order valence-corrected chi connectivity index (χ2v) is 6.74. The standard InChI is InChI=1S/C19H15N5O2S/c1-2-16-22-23-19(27-16)21-11-14-12-7-3-4-8-13(12)17(25)24(18(14)26)15-9-5-6-10-20-15/h3-11,26H,2H2,1H3/b21-11+. The molecule has 3 aromatic heterocycles. The molecule has 0 saturated heterocycles. The topological polar surface area (TPSA) is 93.3 Å². The summed E-state index contributed by atoms with van der Waals surface area (Å²) in [5.41, 5.74) is 0.0761. The van der Waals surface area contributed by atoms with Crippen molar-refractivity contribution >= 4 is 33.5 Å². The van der Waals surface area contributed by atoms with Crippen molar-refractivity contribution in [3.8, 4) is 11.7 Å². The van der Waals surface area contributed by atoms with Gasteiger partial charge in [0.1, 0.15) is 10.8 Å². The third-order valence-corrected chi connectivity index (χ3v) is 5.02. The second kappa shape index (κ2) is 7.08. The van der Waals surface area contributed by atoms with E-state index in [1.807, 2.05) is 13.0 Å². The maximum Gasteiger partial charge on any atom is 0.267 e. The summed E-state index contributed by atoms with van der Waals surface area (Å²) in [5, 5.41) is 21.4. The molecule has 0 aliphatic heterocycles. The quantitative estimate of drug-likeness (QED) is 0.551. The Morgan fingerprint density at radius 1 is 1.15 bits per heavy atom. The summed E-state index contributed by atoms with van der Waals surface area (Å²) in [4.78, 5) is 21.5. The monoisotopic (exact) mass is 377 g/mol. The van der Waals surface area contributed by atoms with E-state index < -0.39 is 0 Å². The van der Waals surface area contributed by atoms with Crippen molar-refractivity contribution in [1.82, 2.24) is 19.7 Å². The van der Waals surface area contributed by atoms with E-state index in [0.29, 0.717) is 27.3 Å². The Morgan fingerprint density at radius 2 is 1.93 bits per heavy atom. The van der Waals surface area contributed by atoms with Crippen LogP contribution in [0.4, 0.5) is 5.13 Å². The zero-order valence-electron chi connectivity index (χ0n) is 14.4. The third-order valence-electron chi connectivity index (χ3n) is 4.04. The molecular weight excluding hydrogens is 362 g/mol. The summed E-state index contributed by atoms with van der Waals surface area (Å²) in [6.45, 7) is 2.00. The number of hydrogen-bond acceptors (Lipinski definition) is 7. The van der Waals surface area contributed by atoms with Gasteiger partial charge >= 0.3 is 0 Å². The predicted octanol–water partition coefficient (Wildman–Crippen LogP) is 3.26. The molecule has 0 saturated carbocycles. The molecule has 0 fully saturated rings. The highest BCUT2D eigenvalue weighted by Gasteiger charge is 2.16. The van der Waals surface area contributed by atoms with Gasteiger partial charge in [-0.1, -0.05) is 42.5 Å². The van der Waals surface area contributed by atoms with Gasteiger partial charge < -0.3 is 5.11 Å². The number of aromatic nitrogens is 4. The Hall–Kier alpha value is -3.39. The van der Waals surface area contributed by atoms with E-state index in [9.17, 15) is 9.90 Å². The number of benzene rings is 1. The molecule has 0 bridgehead atoms. The van der Waals surface area contributed by atoms with Crippen LogP contribution in [-0.4, -0.2) is 31.1 Å². The zero-order chi connectivity index (χ0) is 18.8. The normalized spacial score (nSPS) is 11.4. The number of aliphatic imine (C=N–C) groups is 1. The Morgan fingerprint density at radius 3 is 2.63 bits per heavy atom. The lowest BCUT2D eigenvalue weighted by Crippen LogP contribution is -2.20. The number of rotatable bonds is 4. The van der Waals surface area contributed by atoms with Gasteiger partial charge in [-0.2, -0.15) is 0 Å². The van der Waals surface area contributed by atoms with Gasteiger partial charge in [-0.25, -0.2) is 14.5 Å². The van der Waals surface area contributed by atoms with Crippen LogP contribution in [-0.2, 0) is 6.42 Å². The second-order valence-electron chi connectivity index (χ2n) is 5.70. The maximum atomic E-state index is 12.9. The number of fused-ring (bicyclic) bond motifs is 1. The Balaban J connectivity index is 1.95. The molecule has 134 valence electrons. The summed E-state index contributed by atoms with van der Waals surface area (Å²) in [6, 6.07) is 12.2. The summed E-state index contributed by atoms with van der Waals surface area (Å²) in [5.74, 6) is 0.117. The number of aryl methyl sites for hydroxylation is 1. The average molecular weight is 377 g/mol. The van der Waals surface area contributed by atoms with Crippen LogP contribution in [0.25, 0.3) is 16.6 Å². The van der Waals surface area contributed by atoms with Crippen molar-refractivity contribution in [3.05, 3.63) is 69.6 Å². The van der Waals surface area contributed by atoms with Gasteiger partial charge in [-0.15, -0.1) is 10.2 Å². The first-order valence-corrected chi connectivity index (χ1v) is 9.15. The summed E-state index contributed by atoms with van der Waals surface area (Å²) in [6.07, 6.45) is 3.86. The highest BCUT2D eigenvalue weighted by Crippen LogP contribution is 2.26. The fourth-order valence-corrected chi connectivity index (χ4v) is 3.37. The molecule has 0 spiro atoms. The molecule has 0 aliphatic rings. The van der Waals surface area contributed by atoms with Gasteiger partial charge in [0.15, 0.2) is 0 Å². The predicted molar refractivity (Wildman–Crippen MR) is 106 cm³/mol. The van der Waals surface area contributed by atoms with Crippen molar-refractivity contribution in [1.29, 1.82) is 0 Å². The molecular formula is C19H15N5O2S. The first-order chi connectivity index (χ1) is 13.2. The molecule has 3 heterocycles. The van der Waals surface area contributed by atoms with Gasteiger partial charge in [0.25, 0.3) is 5.56 Å². The number of pyridine rings is 2. The molecule has 27 heavy (non-hydrogen) atoms. The van der Waals surface area contributed by atoms with Gasteiger partial charge in [-0.3, -0.25) is 4.79 Å². The van der Waals surface area contributed by atoms with Crippen molar-refractivity contribution < 1.29 is 5.11 Å². The van der Waals surface area contributed by atoms with E-state index in [-0.39, 0.29) is 11.4 Å². The molecule has 0 radical (unpaired) electrons. The fraction of sp³-hybridized carbons (Fsp3) is 0.105. The van der Waals surface area contributed by atoms with E-state index in [0.717, 1.165) is 11.4 Å². The van der Waals surface area contributed by atoms with Gasteiger partial charge in [0.2, 0.25) is 11.0 Å². The van der Waals surface area contributed by atoms with E-state index in [4.69, 9.17) is 0 Å². The molecule has 4 rings (SSSR count). The lowest BCUT2D eigenvalue weighted by molar-refractivity contribution is 0.435. The fourth-order valence-electron chi connectivity index (χ4n) is 2.75. The van der Waals surface area contributed by atoms with Crippen LogP contribution in [0, 0.1) is 0 Å². The average Bonchev–Trinajstić information content (AvgIpc) is 3.17. The van der Waals surface area contributed by atoms with Crippen LogP contribution in [0.2, 0.25) is 0 Å². The lowest BCUT2D eigenvalue weighted by atomic mass is 10.1. The maximum absolute atomic E-state index is 12.9. The Kier molecular flexibility index (Phi) is 4.47. The molecule has 0 amide bonds. The number of hydrogen-bond donors (Lipinski definition) is 1. The summed E-state index contributed by atoms with van der Waals surface area (Å²) >= 11 is 1.38. The van der Waals surface area contributed by atoms with Gasteiger partial charge in [-0.05, 0) is 24.6 Å². The third kappa shape index (κ3) is 3.11. The van der Waals surface area contributed by atoms with Crippen LogP contribution < -0.4 is 5.56 Å². The smallest absolute Gasteiger partial charge is 0.267 e. The van der Waals surface area contributed by atoms with E-state index in [1.165, 1.54) is 22.1 Å². The zero-order valence-corrected chi connectivity index (χ0v) is 15.2. The summed E-state index contributed by atoms with van der Waals surface area (Å²) < 4.78 is 1.18. The van der Waals surface area contributed by atoms with Crippen LogP contribution in [0.1, 0.15) is 17.5 Å². The van der Waals surface area contributed by atoms with Crippen LogP contribution in [0.15, 0.2) is 58.4 Å². The van der Waals surface area contributed by atoms with Crippen molar-refractivity contribution in [2.45, 2.75) is 13.3 Å². The van der Waals surface area contributed by atoms with Crippen molar-refractivity contribution in [2.75, 3.05) is 0 Å². The van der Waals surface area contributed by atoms with Crippen molar-refractivity contribution in [2.24, 2.45) is 4.99 Å². The Bertz CT molecular complexity index is 1200. The molecule has 7 nitrogen and oxygen atoms in total. The molecule has 1 N–H and O–H groups in total. The van der Waals surface area contributed by atoms with E-state index in [1.54, 1.807) is 42.6 Å². The first-order valence-electron chi connectivity index (χ1n) is 8.33. The lowest BCUT2D eigenvalue weighted by Gasteiger charge is -2.12. The number of nitrogens with zero attached hydrogens (tertiary/aromatic N) is 5. The molecule has 4 aromatic rings. The first kappa shape index (κ1) is 17.0. The number of aromatic hydroxyl groups is 1. The molecule has 1 aromatic carbocycles. The van der Waals surface area contributed by atoms with Gasteiger partial charge in [0, 0.05) is 23.2 Å². The molecule has 0 atom stereocenters.